The van der Waals surface area contributed by atoms with Crippen molar-refractivity contribution in [2.75, 3.05) is 19.7 Å². The normalized spacial score (nSPS) is 18.0. The Kier molecular flexibility index (Phi) is 5.21. The second-order valence-electron chi connectivity index (χ2n) is 5.56. The third-order valence-corrected chi connectivity index (χ3v) is 4.40. The topological polar surface area (TPSA) is 29.5 Å². The van der Waals surface area contributed by atoms with Crippen LogP contribution in [0.15, 0.2) is 48.5 Å². The zero-order valence-corrected chi connectivity index (χ0v) is 14.1. The van der Waals surface area contributed by atoms with Crippen LogP contribution in [0, 0.1) is 0 Å². The van der Waals surface area contributed by atoms with E-state index in [9.17, 15) is 4.79 Å². The molecule has 1 aliphatic rings. The number of morpholine rings is 1. The predicted molar refractivity (Wildman–Crippen MR) is 91.9 cm³/mol. The molecule has 0 bridgehead atoms. The number of benzene rings is 2. The minimum Gasteiger partial charge on any atom is -0.370 e. The maximum absolute atomic E-state index is 12.5. The molecule has 0 aromatic heterocycles. The number of ether oxygens (including phenoxy) is 1. The van der Waals surface area contributed by atoms with Crippen molar-refractivity contribution in [1.29, 1.82) is 0 Å². The summed E-state index contributed by atoms with van der Waals surface area (Å²) in [5.74, 6) is 0.0997. The van der Waals surface area contributed by atoms with Gasteiger partial charge in [-0.2, -0.15) is 0 Å². The van der Waals surface area contributed by atoms with Crippen molar-refractivity contribution in [1.82, 2.24) is 4.90 Å². The molecule has 1 fully saturated rings. The third-order valence-electron chi connectivity index (χ3n) is 3.91. The van der Waals surface area contributed by atoms with E-state index in [0.717, 1.165) is 11.1 Å². The van der Waals surface area contributed by atoms with Gasteiger partial charge in [0.2, 0.25) is 5.91 Å². The van der Waals surface area contributed by atoms with E-state index in [2.05, 4.69) is 0 Å². The van der Waals surface area contributed by atoms with E-state index >= 15 is 0 Å². The summed E-state index contributed by atoms with van der Waals surface area (Å²) in [5.41, 5.74) is 1.96. The maximum atomic E-state index is 12.5. The average Bonchev–Trinajstić information content (AvgIpc) is 2.57. The van der Waals surface area contributed by atoms with Gasteiger partial charge in [0.05, 0.1) is 19.6 Å². The van der Waals surface area contributed by atoms with Crippen molar-refractivity contribution in [3.63, 3.8) is 0 Å². The molecular formula is C18H17Cl2NO2. The van der Waals surface area contributed by atoms with Gasteiger partial charge in [-0.25, -0.2) is 0 Å². The van der Waals surface area contributed by atoms with Crippen LogP contribution in [0.2, 0.25) is 10.0 Å². The van der Waals surface area contributed by atoms with E-state index in [1.807, 2.05) is 41.3 Å². The summed E-state index contributed by atoms with van der Waals surface area (Å²) in [6, 6.07) is 15.0. The minimum atomic E-state index is -0.128. The number of amides is 1. The number of carbonyl (C=O) groups excluding carboxylic acids is 1. The summed E-state index contributed by atoms with van der Waals surface area (Å²) in [5, 5.41) is 1.35. The molecule has 1 amide bonds. The highest BCUT2D eigenvalue weighted by Crippen LogP contribution is 2.25. The molecule has 0 aliphatic carbocycles. The first kappa shape index (κ1) is 16.3. The van der Waals surface area contributed by atoms with E-state index in [-0.39, 0.29) is 12.0 Å². The summed E-state index contributed by atoms with van der Waals surface area (Å²) in [6.45, 7) is 1.69. The Morgan fingerprint density at radius 2 is 1.91 bits per heavy atom. The molecule has 0 saturated carbocycles. The summed E-state index contributed by atoms with van der Waals surface area (Å²) < 4.78 is 5.80. The molecule has 120 valence electrons. The lowest BCUT2D eigenvalue weighted by atomic mass is 10.1. The molecule has 1 saturated heterocycles. The lowest BCUT2D eigenvalue weighted by Crippen LogP contribution is -2.42. The van der Waals surface area contributed by atoms with E-state index in [1.54, 1.807) is 12.1 Å². The molecule has 23 heavy (non-hydrogen) atoms. The molecule has 0 N–H and O–H groups in total. The Balaban J connectivity index is 1.65. The van der Waals surface area contributed by atoms with Gasteiger partial charge in [-0.3, -0.25) is 4.79 Å². The van der Waals surface area contributed by atoms with E-state index in [0.29, 0.717) is 36.2 Å². The van der Waals surface area contributed by atoms with E-state index in [1.165, 1.54) is 0 Å². The van der Waals surface area contributed by atoms with Crippen molar-refractivity contribution in [2.24, 2.45) is 0 Å². The number of nitrogens with zero attached hydrogens (tertiary/aromatic N) is 1. The molecule has 1 atom stereocenters. The van der Waals surface area contributed by atoms with Gasteiger partial charge in [0.1, 0.15) is 6.10 Å². The molecular weight excluding hydrogens is 333 g/mol. The van der Waals surface area contributed by atoms with Gasteiger partial charge in [-0.05, 0) is 35.4 Å². The highest BCUT2D eigenvalue weighted by molar-refractivity contribution is 6.30. The minimum absolute atomic E-state index is 0.0997. The molecule has 2 aromatic rings. The van der Waals surface area contributed by atoms with Crippen LogP contribution in [0.1, 0.15) is 17.2 Å². The molecule has 5 heteroatoms. The van der Waals surface area contributed by atoms with Crippen LogP contribution in [0.5, 0.6) is 0 Å². The Labute approximate surface area is 145 Å². The van der Waals surface area contributed by atoms with Gasteiger partial charge < -0.3 is 9.64 Å². The van der Waals surface area contributed by atoms with Crippen LogP contribution in [0.4, 0.5) is 0 Å². The fraction of sp³-hybridized carbons (Fsp3) is 0.278. The Hall–Kier alpha value is -1.55. The second-order valence-corrected chi connectivity index (χ2v) is 6.43. The van der Waals surface area contributed by atoms with Gasteiger partial charge in [0.25, 0.3) is 0 Å². The van der Waals surface area contributed by atoms with Gasteiger partial charge in [0, 0.05) is 16.6 Å². The third kappa shape index (κ3) is 4.25. The molecule has 1 heterocycles. The summed E-state index contributed by atoms with van der Waals surface area (Å²) >= 11 is 11.9. The number of halogens is 2. The predicted octanol–water partition coefficient (Wildman–Crippen LogP) is 4.14. The lowest BCUT2D eigenvalue weighted by molar-refractivity contribution is -0.138. The SMILES string of the molecule is O=C(Cc1ccc(Cl)cc1)N1CCOC(c2cccc(Cl)c2)C1. The van der Waals surface area contributed by atoms with Crippen LogP contribution in [-0.4, -0.2) is 30.5 Å². The monoisotopic (exact) mass is 349 g/mol. The fourth-order valence-electron chi connectivity index (χ4n) is 2.67. The summed E-state index contributed by atoms with van der Waals surface area (Å²) in [7, 11) is 0. The van der Waals surface area contributed by atoms with E-state index in [4.69, 9.17) is 27.9 Å². The van der Waals surface area contributed by atoms with Crippen LogP contribution in [0.25, 0.3) is 0 Å². The highest BCUT2D eigenvalue weighted by atomic mass is 35.5. The molecule has 2 aromatic carbocycles. The highest BCUT2D eigenvalue weighted by Gasteiger charge is 2.25. The van der Waals surface area contributed by atoms with Gasteiger partial charge >= 0.3 is 0 Å². The standard InChI is InChI=1S/C18H17Cl2NO2/c19-15-6-4-13(5-7-15)10-18(22)21-8-9-23-17(12-21)14-2-1-3-16(20)11-14/h1-7,11,17H,8-10,12H2. The first-order valence-electron chi connectivity index (χ1n) is 7.51. The van der Waals surface area contributed by atoms with Crippen LogP contribution in [-0.2, 0) is 16.0 Å². The maximum Gasteiger partial charge on any atom is 0.227 e. The zero-order chi connectivity index (χ0) is 16.2. The van der Waals surface area contributed by atoms with Crippen LogP contribution < -0.4 is 0 Å². The second kappa shape index (κ2) is 7.35. The Bertz CT molecular complexity index is 688. The first-order valence-corrected chi connectivity index (χ1v) is 8.27. The molecule has 3 nitrogen and oxygen atoms in total. The molecule has 1 aliphatic heterocycles. The van der Waals surface area contributed by atoms with Crippen molar-refractivity contribution < 1.29 is 9.53 Å². The largest absolute Gasteiger partial charge is 0.370 e. The van der Waals surface area contributed by atoms with Crippen molar-refractivity contribution in [3.8, 4) is 0 Å². The summed E-state index contributed by atoms with van der Waals surface area (Å²) in [4.78, 5) is 14.4. The van der Waals surface area contributed by atoms with E-state index < -0.39 is 0 Å². The Morgan fingerprint density at radius 1 is 1.13 bits per heavy atom. The number of rotatable bonds is 3. The number of hydrogen-bond acceptors (Lipinski definition) is 2. The smallest absolute Gasteiger partial charge is 0.227 e. The molecule has 1 unspecified atom stereocenters. The summed E-state index contributed by atoms with van der Waals surface area (Å²) in [6.07, 6.45) is 0.246. The number of carbonyl (C=O) groups is 1. The molecule has 0 radical (unpaired) electrons. The first-order chi connectivity index (χ1) is 11.1. The van der Waals surface area contributed by atoms with Gasteiger partial charge in [0.15, 0.2) is 0 Å². The van der Waals surface area contributed by atoms with Crippen molar-refractivity contribution in [3.05, 3.63) is 69.7 Å². The number of hydrogen-bond donors (Lipinski definition) is 0. The van der Waals surface area contributed by atoms with Gasteiger partial charge in [-0.1, -0.05) is 47.5 Å². The van der Waals surface area contributed by atoms with Crippen LogP contribution >= 0.6 is 23.2 Å². The quantitative estimate of drug-likeness (QED) is 0.833. The fourth-order valence-corrected chi connectivity index (χ4v) is 3.00. The molecule has 3 rings (SSSR count). The average molecular weight is 350 g/mol. The molecule has 0 spiro atoms. The van der Waals surface area contributed by atoms with Crippen molar-refractivity contribution in [2.45, 2.75) is 12.5 Å². The van der Waals surface area contributed by atoms with Crippen LogP contribution in [0.3, 0.4) is 0 Å². The van der Waals surface area contributed by atoms with Gasteiger partial charge in [-0.15, -0.1) is 0 Å². The lowest BCUT2D eigenvalue weighted by Gasteiger charge is -2.33. The van der Waals surface area contributed by atoms with Crippen molar-refractivity contribution >= 4 is 29.1 Å². The zero-order valence-electron chi connectivity index (χ0n) is 12.5. The Morgan fingerprint density at radius 3 is 2.65 bits per heavy atom.